The summed E-state index contributed by atoms with van der Waals surface area (Å²) in [6.07, 6.45) is 0. The van der Waals surface area contributed by atoms with Gasteiger partial charge in [0.1, 0.15) is 22.8 Å². The lowest BCUT2D eigenvalue weighted by Gasteiger charge is -2.37. The summed E-state index contributed by atoms with van der Waals surface area (Å²) in [4.78, 5) is 41.4. The standard InChI is InChI=1S/C27H24N2O7/c1-3-36-19-15-13-18(14-16-19)29-25(33)24(32)22(23(31)17-9-5-4-6-10-17)27(29,26(34)35-2)28-20-11-7-8-12-21(20)30/h4-16,28,30-31H,3H2,1-2H3/b23-22-. The molecule has 1 heterocycles. The van der Waals surface area contributed by atoms with Crippen molar-refractivity contribution < 1.29 is 34.1 Å². The summed E-state index contributed by atoms with van der Waals surface area (Å²) in [5.74, 6) is -3.58. The predicted molar refractivity (Wildman–Crippen MR) is 133 cm³/mol. The number of benzene rings is 3. The molecule has 1 aliphatic rings. The Morgan fingerprint density at radius 2 is 1.61 bits per heavy atom. The molecule has 1 saturated heterocycles. The summed E-state index contributed by atoms with van der Waals surface area (Å²) >= 11 is 0. The van der Waals surface area contributed by atoms with E-state index in [1.807, 2.05) is 6.92 Å². The largest absolute Gasteiger partial charge is 0.507 e. The zero-order valence-corrected chi connectivity index (χ0v) is 19.6. The van der Waals surface area contributed by atoms with Crippen LogP contribution >= 0.6 is 0 Å². The van der Waals surface area contributed by atoms with Crippen molar-refractivity contribution in [2.75, 3.05) is 23.9 Å². The number of ketones is 1. The van der Waals surface area contributed by atoms with Crippen LogP contribution in [0.3, 0.4) is 0 Å². The van der Waals surface area contributed by atoms with E-state index in [0.29, 0.717) is 12.4 Å². The first kappa shape index (κ1) is 24.3. The maximum atomic E-state index is 13.6. The lowest BCUT2D eigenvalue weighted by molar-refractivity contribution is -0.145. The van der Waals surface area contributed by atoms with Gasteiger partial charge in [0.2, 0.25) is 0 Å². The van der Waals surface area contributed by atoms with E-state index < -0.39 is 34.7 Å². The number of anilines is 2. The fraction of sp³-hybridized carbons (Fsp3) is 0.148. The molecule has 9 nitrogen and oxygen atoms in total. The Bertz CT molecular complexity index is 1340. The number of para-hydroxylation sites is 2. The number of nitrogens with one attached hydrogen (secondary N) is 1. The summed E-state index contributed by atoms with van der Waals surface area (Å²) in [5, 5.41) is 24.6. The average molecular weight is 488 g/mol. The Morgan fingerprint density at radius 3 is 2.22 bits per heavy atom. The van der Waals surface area contributed by atoms with Gasteiger partial charge in [0.05, 0.1) is 19.4 Å². The van der Waals surface area contributed by atoms with E-state index >= 15 is 0 Å². The number of aliphatic hydroxyl groups is 1. The van der Waals surface area contributed by atoms with Crippen molar-refractivity contribution >= 4 is 34.8 Å². The van der Waals surface area contributed by atoms with E-state index in [2.05, 4.69) is 5.32 Å². The Kier molecular flexibility index (Phi) is 6.64. The van der Waals surface area contributed by atoms with Crippen molar-refractivity contribution in [3.05, 3.63) is 90.0 Å². The Labute approximate surface area is 207 Å². The summed E-state index contributed by atoms with van der Waals surface area (Å²) in [7, 11) is 1.09. The number of Topliss-reactive ketones (excluding diaryl/α,β-unsaturated/α-hetero) is 1. The minimum absolute atomic E-state index is 0.0275. The molecule has 3 aromatic carbocycles. The molecular weight excluding hydrogens is 464 g/mol. The number of rotatable bonds is 7. The van der Waals surface area contributed by atoms with Crippen LogP contribution in [-0.4, -0.2) is 47.3 Å². The number of carbonyl (C=O) groups excluding carboxylic acids is 3. The third-order valence-corrected chi connectivity index (χ3v) is 5.71. The van der Waals surface area contributed by atoms with Gasteiger partial charge in [-0.15, -0.1) is 0 Å². The molecule has 0 radical (unpaired) electrons. The molecule has 36 heavy (non-hydrogen) atoms. The number of phenolic OH excluding ortho intramolecular Hbond substituents is 1. The van der Waals surface area contributed by atoms with Crippen LogP contribution in [0.5, 0.6) is 11.5 Å². The molecule has 9 heteroatoms. The van der Waals surface area contributed by atoms with Crippen molar-refractivity contribution in [3.8, 4) is 11.5 Å². The summed E-state index contributed by atoms with van der Waals surface area (Å²) in [6.45, 7) is 2.23. The predicted octanol–water partition coefficient (Wildman–Crippen LogP) is 3.66. The first-order chi connectivity index (χ1) is 17.3. The number of amides is 1. The van der Waals surface area contributed by atoms with Gasteiger partial charge in [-0.3, -0.25) is 14.5 Å². The molecule has 3 N–H and O–H groups in total. The zero-order chi connectivity index (χ0) is 25.9. The van der Waals surface area contributed by atoms with Crippen molar-refractivity contribution in [2.45, 2.75) is 12.6 Å². The number of hydrogen-bond donors (Lipinski definition) is 3. The molecule has 3 aromatic rings. The molecule has 0 bridgehead atoms. The second-order valence-electron chi connectivity index (χ2n) is 7.83. The van der Waals surface area contributed by atoms with E-state index in [4.69, 9.17) is 9.47 Å². The zero-order valence-electron chi connectivity index (χ0n) is 19.6. The Hall–Kier alpha value is -4.79. The van der Waals surface area contributed by atoms with Gasteiger partial charge in [0.25, 0.3) is 11.4 Å². The van der Waals surface area contributed by atoms with Crippen LogP contribution in [0.2, 0.25) is 0 Å². The molecule has 1 unspecified atom stereocenters. The van der Waals surface area contributed by atoms with E-state index in [-0.39, 0.29) is 22.7 Å². The van der Waals surface area contributed by atoms with Crippen LogP contribution in [0.4, 0.5) is 11.4 Å². The number of aliphatic hydroxyl groups excluding tert-OH is 1. The van der Waals surface area contributed by atoms with Gasteiger partial charge in [0, 0.05) is 11.3 Å². The lowest BCUT2D eigenvalue weighted by atomic mass is 9.94. The average Bonchev–Trinajstić information content (AvgIpc) is 3.12. The summed E-state index contributed by atoms with van der Waals surface area (Å²) in [5.41, 5.74) is -2.51. The quantitative estimate of drug-likeness (QED) is 0.151. The molecule has 0 spiro atoms. The molecule has 1 fully saturated rings. The van der Waals surface area contributed by atoms with Crippen LogP contribution in [0.25, 0.3) is 5.76 Å². The molecule has 1 amide bonds. The molecule has 0 aromatic heterocycles. The van der Waals surface area contributed by atoms with Crippen molar-refractivity contribution in [1.29, 1.82) is 0 Å². The normalized spacial score (nSPS) is 18.7. The third kappa shape index (κ3) is 4.00. The number of ether oxygens (including phenoxy) is 2. The van der Waals surface area contributed by atoms with Gasteiger partial charge in [0.15, 0.2) is 0 Å². The minimum Gasteiger partial charge on any atom is -0.507 e. The van der Waals surface area contributed by atoms with Crippen LogP contribution < -0.4 is 15.0 Å². The van der Waals surface area contributed by atoms with Crippen molar-refractivity contribution in [1.82, 2.24) is 0 Å². The van der Waals surface area contributed by atoms with Crippen molar-refractivity contribution in [3.63, 3.8) is 0 Å². The highest BCUT2D eigenvalue weighted by Gasteiger charge is 2.63. The first-order valence-electron chi connectivity index (χ1n) is 11.1. The number of methoxy groups -OCH3 is 1. The SMILES string of the molecule is CCOc1ccc(N2C(=O)C(=O)/C(=C(/O)c3ccccc3)C2(Nc2ccccc2O)C(=O)OC)cc1. The van der Waals surface area contributed by atoms with Crippen LogP contribution in [-0.2, 0) is 19.1 Å². The van der Waals surface area contributed by atoms with E-state index in [9.17, 15) is 24.6 Å². The van der Waals surface area contributed by atoms with Gasteiger partial charge >= 0.3 is 11.9 Å². The fourth-order valence-corrected chi connectivity index (χ4v) is 4.11. The van der Waals surface area contributed by atoms with Crippen LogP contribution in [0.1, 0.15) is 12.5 Å². The third-order valence-electron chi connectivity index (χ3n) is 5.71. The number of phenols is 1. The fourth-order valence-electron chi connectivity index (χ4n) is 4.11. The van der Waals surface area contributed by atoms with Gasteiger partial charge in [-0.1, -0.05) is 42.5 Å². The highest BCUT2D eigenvalue weighted by molar-refractivity contribution is 6.54. The highest BCUT2D eigenvalue weighted by atomic mass is 16.5. The molecule has 0 aliphatic carbocycles. The second-order valence-corrected chi connectivity index (χ2v) is 7.83. The second kappa shape index (κ2) is 9.83. The molecule has 4 rings (SSSR count). The number of aromatic hydroxyl groups is 1. The molecule has 184 valence electrons. The molecule has 1 aliphatic heterocycles. The molecule has 0 saturated carbocycles. The van der Waals surface area contributed by atoms with E-state index in [1.54, 1.807) is 42.5 Å². The van der Waals surface area contributed by atoms with Gasteiger partial charge in [-0.2, -0.15) is 0 Å². The van der Waals surface area contributed by atoms with Gasteiger partial charge in [-0.25, -0.2) is 4.79 Å². The smallest absolute Gasteiger partial charge is 0.358 e. The van der Waals surface area contributed by atoms with Crippen LogP contribution in [0.15, 0.2) is 84.4 Å². The monoisotopic (exact) mass is 488 g/mol. The van der Waals surface area contributed by atoms with Gasteiger partial charge in [-0.05, 0) is 43.3 Å². The lowest BCUT2D eigenvalue weighted by Crippen LogP contribution is -2.59. The topological polar surface area (TPSA) is 125 Å². The highest BCUT2D eigenvalue weighted by Crippen LogP contribution is 2.43. The minimum atomic E-state index is -2.35. The molecular formula is C27H24N2O7. The van der Waals surface area contributed by atoms with Crippen molar-refractivity contribution in [2.24, 2.45) is 0 Å². The van der Waals surface area contributed by atoms with E-state index in [1.165, 1.54) is 36.4 Å². The maximum Gasteiger partial charge on any atom is 0.358 e. The first-order valence-corrected chi connectivity index (χ1v) is 11.1. The molecule has 1 atom stereocenters. The number of nitrogens with zero attached hydrogens (tertiary/aromatic N) is 1. The summed E-state index contributed by atoms with van der Waals surface area (Å²) in [6, 6.07) is 20.2. The van der Waals surface area contributed by atoms with Gasteiger partial charge < -0.3 is 25.0 Å². The number of carbonyl (C=O) groups is 3. The summed E-state index contributed by atoms with van der Waals surface area (Å²) < 4.78 is 10.5. The number of esters is 1. The Balaban J connectivity index is 2.03. The maximum absolute atomic E-state index is 13.6. The Morgan fingerprint density at radius 1 is 0.972 bits per heavy atom. The van der Waals surface area contributed by atoms with E-state index in [0.717, 1.165) is 12.0 Å². The number of hydrogen-bond acceptors (Lipinski definition) is 8. The van der Waals surface area contributed by atoms with Crippen LogP contribution in [0, 0.1) is 0 Å².